The summed E-state index contributed by atoms with van der Waals surface area (Å²) in [6.07, 6.45) is 0. The van der Waals surface area contributed by atoms with Gasteiger partial charge in [-0.25, -0.2) is 0 Å². The molecule has 0 unspecified atom stereocenters. The third-order valence-corrected chi connectivity index (χ3v) is 0. The topological polar surface area (TPSA) is 42.3 Å². The first-order valence-corrected chi connectivity index (χ1v) is 2.68. The summed E-state index contributed by atoms with van der Waals surface area (Å²) in [6.45, 7) is 0. The van der Waals surface area contributed by atoms with Crippen molar-refractivity contribution in [2.45, 2.75) is 0 Å². The van der Waals surface area contributed by atoms with Crippen LogP contribution < -0.4 is 0 Å². The van der Waals surface area contributed by atoms with Crippen molar-refractivity contribution in [3.8, 4) is 0 Å². The van der Waals surface area contributed by atoms with Gasteiger partial charge in [0.25, 0.3) is 0 Å². The standard InChI is InChI=1S/3C2H6N.ClH.Zr/c3*1-3-2;;/h3*1-2H3;1H;/q3*-1;;+3. The molecule has 0 saturated heterocycles. The van der Waals surface area contributed by atoms with Gasteiger partial charge in [0.05, 0.1) is 0 Å². The molecule has 0 aromatic heterocycles. The zero-order valence-corrected chi connectivity index (χ0v) is 11.5. The Morgan fingerprint density at radius 1 is 0.545 bits per heavy atom. The van der Waals surface area contributed by atoms with Gasteiger partial charge in [-0.05, 0) is 0 Å². The molecule has 0 rings (SSSR count). The predicted octanol–water partition coefficient (Wildman–Crippen LogP) is 2.28. The molecule has 0 aliphatic rings. The van der Waals surface area contributed by atoms with Crippen molar-refractivity contribution in [1.82, 2.24) is 0 Å². The van der Waals surface area contributed by atoms with Crippen LogP contribution >= 0.6 is 12.4 Å². The van der Waals surface area contributed by atoms with Crippen molar-refractivity contribution < 1.29 is 26.2 Å². The fraction of sp³-hybridized carbons (Fsp3) is 1.00. The number of hydrogen-bond acceptors (Lipinski definition) is 0. The van der Waals surface area contributed by atoms with Crippen molar-refractivity contribution in [2.24, 2.45) is 0 Å². The van der Waals surface area contributed by atoms with E-state index in [9.17, 15) is 0 Å². The van der Waals surface area contributed by atoms with Crippen LogP contribution in [0, 0.1) is 0 Å². The maximum atomic E-state index is 3.50. The van der Waals surface area contributed by atoms with Crippen LogP contribution in [0.2, 0.25) is 0 Å². The molecule has 3 nitrogen and oxygen atoms in total. The van der Waals surface area contributed by atoms with Crippen LogP contribution in [0.1, 0.15) is 0 Å². The van der Waals surface area contributed by atoms with Gasteiger partial charge in [0.1, 0.15) is 0 Å². The average molecular weight is 260 g/mol. The Kier molecular flexibility index (Phi) is 183. The van der Waals surface area contributed by atoms with Gasteiger partial charge >= 0.3 is 26.2 Å². The van der Waals surface area contributed by atoms with Crippen LogP contribution in [-0.4, -0.2) is 42.3 Å². The summed E-state index contributed by atoms with van der Waals surface area (Å²) >= 11 is 0. The first kappa shape index (κ1) is 29.6. The fourth-order valence-corrected chi connectivity index (χ4v) is 0. The number of halogens is 1. The Morgan fingerprint density at radius 3 is 0.545 bits per heavy atom. The van der Waals surface area contributed by atoms with Crippen molar-refractivity contribution in [2.75, 3.05) is 42.3 Å². The maximum absolute atomic E-state index is 3.50. The summed E-state index contributed by atoms with van der Waals surface area (Å²) in [5.74, 6) is 0. The van der Waals surface area contributed by atoms with Crippen molar-refractivity contribution >= 4 is 12.4 Å². The Bertz CT molecular complexity index is 22.5. The second-order valence-corrected chi connectivity index (χ2v) is 1.34. The van der Waals surface area contributed by atoms with Crippen LogP contribution in [0.5, 0.6) is 0 Å². The molecule has 0 aromatic rings. The molecule has 0 aliphatic carbocycles. The number of nitrogens with zero attached hydrogens (tertiary/aromatic N) is 3. The number of rotatable bonds is 0. The normalized spacial score (nSPS) is 4.91. The van der Waals surface area contributed by atoms with Gasteiger partial charge in [-0.3, -0.25) is 0 Å². The fourth-order valence-electron chi connectivity index (χ4n) is 0. The molecule has 0 N–H and O–H groups in total. The van der Waals surface area contributed by atoms with Crippen LogP contribution in [0.3, 0.4) is 0 Å². The van der Waals surface area contributed by atoms with Crippen LogP contribution in [-0.2, 0) is 26.2 Å². The largest absolute Gasteiger partial charge is 3.00 e. The number of hydrogen-bond donors (Lipinski definition) is 0. The van der Waals surface area contributed by atoms with Gasteiger partial charge in [0, 0.05) is 0 Å². The molecule has 0 amide bonds. The Balaban J connectivity index is -0.0000000150. The second-order valence-electron chi connectivity index (χ2n) is 1.34. The quantitative estimate of drug-likeness (QED) is 0.641. The van der Waals surface area contributed by atoms with Crippen LogP contribution in [0.15, 0.2) is 0 Å². The molecule has 5 heteroatoms. The van der Waals surface area contributed by atoms with Gasteiger partial charge in [0.15, 0.2) is 0 Å². The minimum absolute atomic E-state index is 0. The first-order chi connectivity index (χ1) is 4.24. The van der Waals surface area contributed by atoms with Gasteiger partial charge in [-0.15, -0.1) is 12.4 Å². The van der Waals surface area contributed by atoms with E-state index >= 15 is 0 Å². The SMILES string of the molecule is C[N-]C.C[N-]C.C[N-]C.Cl.[Zr+3]. The van der Waals surface area contributed by atoms with E-state index in [1.807, 2.05) is 0 Å². The van der Waals surface area contributed by atoms with Crippen molar-refractivity contribution in [3.63, 3.8) is 0 Å². The van der Waals surface area contributed by atoms with Crippen LogP contribution in [0.25, 0.3) is 16.0 Å². The molecule has 0 atom stereocenters. The molecule has 69 valence electrons. The van der Waals surface area contributed by atoms with E-state index in [2.05, 4.69) is 16.0 Å². The van der Waals surface area contributed by atoms with Gasteiger partial charge < -0.3 is 16.0 Å². The smallest absolute Gasteiger partial charge is 0.668 e. The maximum Gasteiger partial charge on any atom is 3.00 e. The minimum atomic E-state index is 0. The van der Waals surface area contributed by atoms with E-state index in [1.54, 1.807) is 42.3 Å². The average Bonchev–Trinajstić information content (AvgIpc) is 1.70. The molecular weight excluding hydrogens is 241 g/mol. The van der Waals surface area contributed by atoms with E-state index in [1.165, 1.54) is 0 Å². The predicted molar refractivity (Wildman–Crippen MR) is 52.9 cm³/mol. The Hall–Kier alpha value is 1.05. The summed E-state index contributed by atoms with van der Waals surface area (Å²) < 4.78 is 0. The van der Waals surface area contributed by atoms with Gasteiger partial charge in [-0.2, -0.15) is 42.3 Å². The third kappa shape index (κ3) is 817. The van der Waals surface area contributed by atoms with E-state index in [0.29, 0.717) is 0 Å². The van der Waals surface area contributed by atoms with Crippen molar-refractivity contribution in [1.29, 1.82) is 0 Å². The Labute approximate surface area is 96.6 Å². The summed E-state index contributed by atoms with van der Waals surface area (Å²) in [4.78, 5) is 0. The molecule has 0 aromatic carbocycles. The molecule has 0 aliphatic heterocycles. The van der Waals surface area contributed by atoms with Crippen LogP contribution in [0.4, 0.5) is 0 Å². The first-order valence-electron chi connectivity index (χ1n) is 2.68. The van der Waals surface area contributed by atoms with Gasteiger partial charge in [0.2, 0.25) is 0 Å². The van der Waals surface area contributed by atoms with E-state index in [-0.39, 0.29) is 38.6 Å². The van der Waals surface area contributed by atoms with Crippen molar-refractivity contribution in [3.05, 3.63) is 16.0 Å². The molecule has 1 radical (unpaired) electrons. The summed E-state index contributed by atoms with van der Waals surface area (Å²) in [6, 6.07) is 0. The summed E-state index contributed by atoms with van der Waals surface area (Å²) in [5, 5.41) is 10.5. The second kappa shape index (κ2) is 68.0. The zero-order chi connectivity index (χ0) is 8.12. The van der Waals surface area contributed by atoms with E-state index in [0.717, 1.165) is 0 Å². The molecule has 11 heavy (non-hydrogen) atoms. The molecule has 0 spiro atoms. The van der Waals surface area contributed by atoms with Gasteiger partial charge in [-0.1, -0.05) is 0 Å². The van der Waals surface area contributed by atoms with E-state index in [4.69, 9.17) is 0 Å². The molecule has 0 saturated carbocycles. The molecule has 0 heterocycles. The van der Waals surface area contributed by atoms with E-state index < -0.39 is 0 Å². The summed E-state index contributed by atoms with van der Waals surface area (Å²) in [5.41, 5.74) is 0. The zero-order valence-electron chi connectivity index (χ0n) is 8.25. The molecular formula is C6H19ClN3Zr. The Morgan fingerprint density at radius 2 is 0.545 bits per heavy atom. The monoisotopic (exact) mass is 258 g/mol. The molecule has 0 fully saturated rings. The third-order valence-electron chi connectivity index (χ3n) is 0. The molecule has 0 bridgehead atoms. The summed E-state index contributed by atoms with van der Waals surface area (Å²) in [7, 11) is 10.5. The minimum Gasteiger partial charge on any atom is -0.668 e.